The Hall–Kier alpha value is -8.95. The molecule has 0 fully saturated rings. The average molecular weight is 973 g/mol. The van der Waals surface area contributed by atoms with Crippen LogP contribution in [0.2, 0.25) is 0 Å². The van der Waals surface area contributed by atoms with E-state index in [-0.39, 0.29) is 39.4 Å². The minimum Gasteiger partial charge on any atom is -0.310 e. The molecule has 4 aromatic rings. The molecule has 0 bridgehead atoms. The molecule has 0 spiro atoms. The second kappa shape index (κ2) is 22.5. The second-order valence-corrected chi connectivity index (χ2v) is 20.3. The van der Waals surface area contributed by atoms with Gasteiger partial charge in [-0.15, -0.1) is 0 Å². The average Bonchev–Trinajstić information content (AvgIpc) is 3.69. The maximum atomic E-state index is 12.1. The van der Waals surface area contributed by atoms with Crippen LogP contribution < -0.4 is 19.1 Å². The molecule has 0 amide bonds. The molecule has 5 rings (SSSR count). The predicted octanol–water partition coefficient (Wildman–Crippen LogP) is 8.97. The Labute approximate surface area is 402 Å². The van der Waals surface area contributed by atoms with Gasteiger partial charge < -0.3 is 4.90 Å². The number of sulfonamides is 3. The van der Waals surface area contributed by atoms with E-state index in [0.29, 0.717) is 46.7 Å². The largest absolute Gasteiger partial charge is 0.310 e. The lowest BCUT2D eigenvalue weighted by Gasteiger charge is -2.28. The van der Waals surface area contributed by atoms with Gasteiger partial charge >= 0.3 is 0 Å². The molecule has 344 valence electrons. The zero-order valence-corrected chi connectivity index (χ0v) is 39.5. The van der Waals surface area contributed by atoms with Gasteiger partial charge in [0.25, 0.3) is 5.70 Å². The topological polar surface area (TPSA) is 265 Å². The third-order valence-corrected chi connectivity index (χ3v) is 11.7. The van der Waals surface area contributed by atoms with Crippen molar-refractivity contribution in [3.63, 3.8) is 0 Å². The Morgan fingerprint density at radius 1 is 0.652 bits per heavy atom. The molecule has 0 unspecified atom stereocenters. The minimum absolute atomic E-state index is 0.00298. The Bertz CT molecular complexity index is 3450. The highest BCUT2D eigenvalue weighted by Gasteiger charge is 2.26. The van der Waals surface area contributed by atoms with Crippen LogP contribution in [-0.2, 0) is 30.1 Å². The van der Waals surface area contributed by atoms with Crippen molar-refractivity contribution in [2.75, 3.05) is 37.8 Å². The van der Waals surface area contributed by atoms with Crippen LogP contribution in [0.1, 0.15) is 24.0 Å². The van der Waals surface area contributed by atoms with E-state index in [0.717, 1.165) is 29.9 Å². The molecule has 16 nitrogen and oxygen atoms in total. The zero-order valence-electron chi connectivity index (χ0n) is 37.1. The lowest BCUT2D eigenvalue weighted by atomic mass is 9.90. The highest BCUT2D eigenvalue weighted by molar-refractivity contribution is 7.92. The lowest BCUT2D eigenvalue weighted by molar-refractivity contribution is 0.605. The molecule has 0 radical (unpaired) electrons. The van der Waals surface area contributed by atoms with Crippen molar-refractivity contribution in [1.29, 1.82) is 26.3 Å². The van der Waals surface area contributed by atoms with Gasteiger partial charge in [-0.25, -0.2) is 35.4 Å². The number of anilines is 5. The molecule has 0 atom stereocenters. The summed E-state index contributed by atoms with van der Waals surface area (Å²) in [7, 11) is -10.8. The first kappa shape index (κ1) is 51.0. The lowest BCUT2D eigenvalue weighted by Crippen LogP contribution is -2.18. The van der Waals surface area contributed by atoms with E-state index >= 15 is 0 Å². The van der Waals surface area contributed by atoms with Crippen LogP contribution in [0, 0.1) is 69.1 Å². The molecule has 0 aromatic heterocycles. The van der Waals surface area contributed by atoms with Gasteiger partial charge in [-0.1, -0.05) is 66.8 Å². The van der Waals surface area contributed by atoms with Crippen molar-refractivity contribution < 1.29 is 25.3 Å². The van der Waals surface area contributed by atoms with Gasteiger partial charge in [0, 0.05) is 39.6 Å². The van der Waals surface area contributed by atoms with E-state index < -0.39 is 36.0 Å². The summed E-state index contributed by atoms with van der Waals surface area (Å²) < 4.78 is 78.6. The van der Waals surface area contributed by atoms with Gasteiger partial charge in [0.05, 0.1) is 72.5 Å². The summed E-state index contributed by atoms with van der Waals surface area (Å²) in [4.78, 5) is 5.32. The summed E-state index contributed by atoms with van der Waals surface area (Å²) in [6.07, 6.45) is 13.6. The van der Waals surface area contributed by atoms with E-state index in [4.69, 9.17) is 6.57 Å². The summed E-state index contributed by atoms with van der Waals surface area (Å²) in [5, 5.41) is 50.7. The van der Waals surface area contributed by atoms with Crippen LogP contribution in [0.3, 0.4) is 0 Å². The normalized spacial score (nSPS) is 14.4. The maximum Gasteiger partial charge on any atom is 0.270 e. The van der Waals surface area contributed by atoms with Gasteiger partial charge in [0.15, 0.2) is 5.92 Å². The van der Waals surface area contributed by atoms with Crippen molar-refractivity contribution in [3.05, 3.63) is 196 Å². The molecule has 0 saturated heterocycles. The third kappa shape index (κ3) is 14.0. The maximum absolute atomic E-state index is 12.1. The number of rotatable bonds is 17. The van der Waals surface area contributed by atoms with E-state index in [9.17, 15) is 51.6 Å². The van der Waals surface area contributed by atoms with Crippen LogP contribution in [-0.4, -0.2) is 44.0 Å². The smallest absolute Gasteiger partial charge is 0.270 e. The molecule has 1 aliphatic rings. The van der Waals surface area contributed by atoms with Crippen molar-refractivity contribution in [2.24, 2.45) is 5.92 Å². The SMILES string of the molecule is [C-]#[N+]/C(C#N)=C(/C(C#N)=C/C=C/C1=C(N(c2ccccc2)c2ccc(NS(C)(=O)=O)cc2)C(=C/C=C/C(C#N)=C(\c2ccc(NS(C)(=O)=O)cc2)C(C#N)C#N)/CC1)c1ccc(NS(C)(=O)=O)cc1. The number of benzene rings is 4. The second-order valence-electron chi connectivity index (χ2n) is 15.0. The molecule has 3 N–H and O–H groups in total. The summed E-state index contributed by atoms with van der Waals surface area (Å²) >= 11 is 0. The van der Waals surface area contributed by atoms with E-state index in [1.807, 2.05) is 53.4 Å². The number of hydrogen-bond donors (Lipinski definition) is 3. The van der Waals surface area contributed by atoms with Gasteiger partial charge in [-0.3, -0.25) is 14.2 Å². The predicted molar refractivity (Wildman–Crippen MR) is 266 cm³/mol. The molecular formula is C50H40N10O6S3. The number of nitrogens with zero attached hydrogens (tertiary/aromatic N) is 7. The fourth-order valence-corrected chi connectivity index (χ4v) is 8.82. The Balaban J connectivity index is 1.70. The molecular weight excluding hydrogens is 933 g/mol. The minimum atomic E-state index is -3.60. The number of hydrogen-bond acceptors (Lipinski definition) is 12. The van der Waals surface area contributed by atoms with Crippen LogP contribution in [0.5, 0.6) is 0 Å². The first-order valence-electron chi connectivity index (χ1n) is 20.3. The van der Waals surface area contributed by atoms with Crippen molar-refractivity contribution >= 4 is 69.7 Å². The molecule has 19 heteroatoms. The molecule has 0 aliphatic heterocycles. The number of nitriles is 5. The fourth-order valence-electron chi connectivity index (χ4n) is 7.13. The standard InChI is InChI=1S/C50H40N10O6S3/c1-56-47(34-55)49(36-20-24-43(25-21-36)58-68(3,63)64)40(31-52)13-9-11-38-17-16-37(50(38)60(45-14-6-5-7-15-45)46-28-26-44(27-29-46)59-69(4,65)66)10-8-12-39(30-51)48(41(32-53)33-54)35-18-22-42(23-19-35)57-67(2,61)62/h5-15,18-29,41,57-59H,16-17H2,2-4H3/b11-9+,12-8+,37-10+,40-13+,48-39-,49-47+. The van der Waals surface area contributed by atoms with Gasteiger partial charge in [0.1, 0.15) is 0 Å². The van der Waals surface area contributed by atoms with Crippen LogP contribution in [0.25, 0.3) is 16.0 Å². The van der Waals surface area contributed by atoms with Crippen molar-refractivity contribution in [3.8, 4) is 30.3 Å². The zero-order chi connectivity index (χ0) is 50.4. The Kier molecular flexibility index (Phi) is 16.6. The van der Waals surface area contributed by atoms with Gasteiger partial charge in [0.2, 0.25) is 30.1 Å². The van der Waals surface area contributed by atoms with Crippen molar-refractivity contribution in [2.45, 2.75) is 12.8 Å². The first-order chi connectivity index (χ1) is 32.8. The van der Waals surface area contributed by atoms with E-state index in [2.05, 4.69) is 31.1 Å². The van der Waals surface area contributed by atoms with E-state index in [1.54, 1.807) is 48.6 Å². The third-order valence-electron chi connectivity index (χ3n) is 9.84. The quantitative estimate of drug-likeness (QED) is 0.0508. The number of para-hydroxylation sites is 1. The molecule has 69 heavy (non-hydrogen) atoms. The summed E-state index contributed by atoms with van der Waals surface area (Å²) in [5.74, 6) is -1.37. The first-order valence-corrected chi connectivity index (χ1v) is 25.9. The molecule has 1 aliphatic carbocycles. The van der Waals surface area contributed by atoms with Crippen LogP contribution in [0.4, 0.5) is 28.4 Å². The highest BCUT2D eigenvalue weighted by Crippen LogP contribution is 2.42. The van der Waals surface area contributed by atoms with Gasteiger partial charge in [-0.2, -0.15) is 21.0 Å². The van der Waals surface area contributed by atoms with Crippen LogP contribution >= 0.6 is 0 Å². The van der Waals surface area contributed by atoms with Crippen molar-refractivity contribution in [1.82, 2.24) is 0 Å². The number of nitrogens with one attached hydrogen (secondary N) is 3. The summed E-state index contributed by atoms with van der Waals surface area (Å²) in [5.41, 5.74) is 4.71. The van der Waals surface area contributed by atoms with E-state index in [1.165, 1.54) is 60.7 Å². The number of allylic oxidation sites excluding steroid dienone is 13. The summed E-state index contributed by atoms with van der Waals surface area (Å²) in [6, 6.07) is 37.7. The molecule has 0 saturated carbocycles. The Morgan fingerprint density at radius 2 is 1.16 bits per heavy atom. The van der Waals surface area contributed by atoms with Gasteiger partial charge in [-0.05, 0) is 108 Å². The van der Waals surface area contributed by atoms with Crippen LogP contribution in [0.15, 0.2) is 173 Å². The fraction of sp³-hybridized carbons (Fsp3) is 0.120. The monoisotopic (exact) mass is 972 g/mol. The summed E-state index contributed by atoms with van der Waals surface area (Å²) in [6.45, 7) is 7.70. The molecule has 4 aromatic carbocycles. The molecule has 0 heterocycles. The highest BCUT2D eigenvalue weighted by atomic mass is 32.2. The Morgan fingerprint density at radius 3 is 1.62 bits per heavy atom.